The second kappa shape index (κ2) is 3.17. The second-order valence-electron chi connectivity index (χ2n) is 2.88. The first kappa shape index (κ1) is 8.23. The molecule has 2 rings (SSSR count). The number of hydrogen-bond acceptors (Lipinski definition) is 2. The Morgan fingerprint density at radius 2 is 2.42 bits per heavy atom. The minimum absolute atomic E-state index is 0.105. The van der Waals surface area contributed by atoms with Gasteiger partial charge in [-0.3, -0.25) is 0 Å². The Balaban J connectivity index is 2.40. The van der Waals surface area contributed by atoms with Crippen LogP contribution in [-0.2, 0) is 11.3 Å². The Labute approximate surface area is 79.8 Å². The summed E-state index contributed by atoms with van der Waals surface area (Å²) in [6.07, 6.45) is 0.105. The topological polar surface area (TPSA) is 35.2 Å². The van der Waals surface area contributed by atoms with Crippen LogP contribution in [0.1, 0.15) is 17.2 Å². The fourth-order valence-corrected chi connectivity index (χ4v) is 1.90. The first-order chi connectivity index (χ1) is 5.81. The molecule has 0 aromatic heterocycles. The van der Waals surface area contributed by atoms with Gasteiger partial charge in [0, 0.05) is 11.0 Å². The van der Waals surface area contributed by atoms with Crippen LogP contribution in [0.4, 0.5) is 0 Å². The summed E-state index contributed by atoms with van der Waals surface area (Å²) in [5.74, 6) is 0. The van der Waals surface area contributed by atoms with Gasteiger partial charge in [-0.1, -0.05) is 22.0 Å². The van der Waals surface area contributed by atoms with E-state index in [2.05, 4.69) is 28.1 Å². The normalized spacial score (nSPS) is 21.0. The molecular formula is C9H10BrNO. The van der Waals surface area contributed by atoms with Crippen molar-refractivity contribution < 1.29 is 4.74 Å². The minimum atomic E-state index is 0.105. The Morgan fingerprint density at radius 1 is 1.58 bits per heavy atom. The maximum Gasteiger partial charge on any atom is 0.0955 e. The first-order valence-electron chi connectivity index (χ1n) is 3.91. The lowest BCUT2D eigenvalue weighted by Gasteiger charge is -2.06. The van der Waals surface area contributed by atoms with Gasteiger partial charge in [-0.05, 0) is 23.3 Å². The van der Waals surface area contributed by atoms with Gasteiger partial charge in [-0.2, -0.15) is 0 Å². The van der Waals surface area contributed by atoms with Gasteiger partial charge in [0.05, 0.1) is 12.7 Å². The molecule has 12 heavy (non-hydrogen) atoms. The Hall–Kier alpha value is -0.380. The van der Waals surface area contributed by atoms with Crippen LogP contribution in [0, 0.1) is 0 Å². The van der Waals surface area contributed by atoms with E-state index in [4.69, 9.17) is 10.5 Å². The summed E-state index contributed by atoms with van der Waals surface area (Å²) in [6, 6.07) is 6.19. The maximum atomic E-state index is 5.55. The van der Waals surface area contributed by atoms with Gasteiger partial charge in [0.1, 0.15) is 0 Å². The third-order valence-electron chi connectivity index (χ3n) is 2.11. The van der Waals surface area contributed by atoms with E-state index in [1.165, 1.54) is 11.1 Å². The van der Waals surface area contributed by atoms with E-state index in [0.717, 1.165) is 4.47 Å². The molecule has 1 aromatic carbocycles. The third kappa shape index (κ3) is 1.28. The van der Waals surface area contributed by atoms with Crippen molar-refractivity contribution in [1.29, 1.82) is 0 Å². The zero-order valence-electron chi connectivity index (χ0n) is 6.59. The minimum Gasteiger partial charge on any atom is -0.368 e. The number of fused-ring (bicyclic) bond motifs is 1. The highest BCUT2D eigenvalue weighted by molar-refractivity contribution is 9.10. The smallest absolute Gasteiger partial charge is 0.0955 e. The summed E-state index contributed by atoms with van der Waals surface area (Å²) < 4.78 is 6.58. The quantitative estimate of drug-likeness (QED) is 0.797. The van der Waals surface area contributed by atoms with Crippen molar-refractivity contribution in [3.63, 3.8) is 0 Å². The van der Waals surface area contributed by atoms with E-state index in [1.807, 2.05) is 6.07 Å². The SMILES string of the molecule is NCC1OCc2cc(Br)ccc21. The zero-order chi connectivity index (χ0) is 8.55. The van der Waals surface area contributed by atoms with E-state index in [0.29, 0.717) is 13.2 Å². The third-order valence-corrected chi connectivity index (χ3v) is 2.60. The molecule has 1 aliphatic heterocycles. The van der Waals surface area contributed by atoms with Gasteiger partial charge in [-0.15, -0.1) is 0 Å². The van der Waals surface area contributed by atoms with Crippen LogP contribution in [0.2, 0.25) is 0 Å². The molecule has 64 valence electrons. The number of ether oxygens (including phenoxy) is 1. The van der Waals surface area contributed by atoms with Crippen LogP contribution in [0.25, 0.3) is 0 Å². The van der Waals surface area contributed by atoms with Crippen LogP contribution < -0.4 is 5.73 Å². The van der Waals surface area contributed by atoms with E-state index < -0.39 is 0 Å². The Bertz CT molecular complexity index is 301. The molecule has 0 saturated carbocycles. The molecule has 0 radical (unpaired) electrons. The van der Waals surface area contributed by atoms with Crippen LogP contribution in [0.5, 0.6) is 0 Å². The summed E-state index contributed by atoms with van der Waals surface area (Å²) >= 11 is 3.42. The molecule has 1 atom stereocenters. The van der Waals surface area contributed by atoms with Gasteiger partial charge in [-0.25, -0.2) is 0 Å². The van der Waals surface area contributed by atoms with Crippen molar-refractivity contribution in [1.82, 2.24) is 0 Å². The maximum absolute atomic E-state index is 5.55. The monoisotopic (exact) mass is 227 g/mol. The molecule has 0 bridgehead atoms. The first-order valence-corrected chi connectivity index (χ1v) is 4.70. The summed E-state index contributed by atoms with van der Waals surface area (Å²) in [7, 11) is 0. The summed E-state index contributed by atoms with van der Waals surface area (Å²) in [5.41, 5.74) is 8.04. The highest BCUT2D eigenvalue weighted by Crippen LogP contribution is 2.31. The Kier molecular flexibility index (Phi) is 2.17. The van der Waals surface area contributed by atoms with E-state index in [-0.39, 0.29) is 6.10 Å². The molecule has 0 saturated heterocycles. The fourth-order valence-electron chi connectivity index (χ4n) is 1.49. The summed E-state index contributed by atoms with van der Waals surface area (Å²) in [6.45, 7) is 1.26. The summed E-state index contributed by atoms with van der Waals surface area (Å²) in [4.78, 5) is 0. The largest absolute Gasteiger partial charge is 0.368 e. The van der Waals surface area contributed by atoms with E-state index in [9.17, 15) is 0 Å². The standard InChI is InChI=1S/C9H10BrNO/c10-7-1-2-8-6(3-7)5-12-9(8)4-11/h1-3,9H,4-5,11H2. The average Bonchev–Trinajstić information content (AvgIpc) is 2.46. The van der Waals surface area contributed by atoms with Crippen LogP contribution in [-0.4, -0.2) is 6.54 Å². The van der Waals surface area contributed by atoms with Gasteiger partial charge in [0.25, 0.3) is 0 Å². The number of nitrogens with two attached hydrogens (primary N) is 1. The van der Waals surface area contributed by atoms with Gasteiger partial charge in [0.2, 0.25) is 0 Å². The fraction of sp³-hybridized carbons (Fsp3) is 0.333. The molecule has 0 aliphatic carbocycles. The predicted octanol–water partition coefficient (Wildman–Crippen LogP) is 1.98. The molecule has 1 aliphatic rings. The van der Waals surface area contributed by atoms with Crippen molar-refractivity contribution >= 4 is 15.9 Å². The number of halogens is 1. The molecule has 0 spiro atoms. The van der Waals surface area contributed by atoms with Crippen molar-refractivity contribution in [2.75, 3.05) is 6.54 Å². The predicted molar refractivity (Wildman–Crippen MR) is 50.7 cm³/mol. The van der Waals surface area contributed by atoms with Gasteiger partial charge >= 0.3 is 0 Å². The van der Waals surface area contributed by atoms with Gasteiger partial charge in [0.15, 0.2) is 0 Å². The second-order valence-corrected chi connectivity index (χ2v) is 3.79. The van der Waals surface area contributed by atoms with Gasteiger partial charge < -0.3 is 10.5 Å². The number of benzene rings is 1. The zero-order valence-corrected chi connectivity index (χ0v) is 8.17. The highest BCUT2D eigenvalue weighted by atomic mass is 79.9. The number of rotatable bonds is 1. The molecule has 3 heteroatoms. The van der Waals surface area contributed by atoms with Crippen LogP contribution >= 0.6 is 15.9 Å². The lowest BCUT2D eigenvalue weighted by atomic mass is 10.1. The molecule has 1 unspecified atom stereocenters. The van der Waals surface area contributed by atoms with Crippen molar-refractivity contribution in [3.05, 3.63) is 33.8 Å². The van der Waals surface area contributed by atoms with Crippen LogP contribution in [0.15, 0.2) is 22.7 Å². The van der Waals surface area contributed by atoms with Crippen molar-refractivity contribution in [2.45, 2.75) is 12.7 Å². The van der Waals surface area contributed by atoms with E-state index >= 15 is 0 Å². The molecule has 0 amide bonds. The van der Waals surface area contributed by atoms with Crippen molar-refractivity contribution in [3.8, 4) is 0 Å². The highest BCUT2D eigenvalue weighted by Gasteiger charge is 2.21. The molecule has 1 aromatic rings. The van der Waals surface area contributed by atoms with E-state index in [1.54, 1.807) is 0 Å². The molecule has 0 fully saturated rings. The average molecular weight is 228 g/mol. The molecule has 1 heterocycles. The Morgan fingerprint density at radius 3 is 3.17 bits per heavy atom. The molecule has 2 nitrogen and oxygen atoms in total. The molecule has 2 N–H and O–H groups in total. The number of hydrogen-bond donors (Lipinski definition) is 1. The lowest BCUT2D eigenvalue weighted by Crippen LogP contribution is -2.10. The van der Waals surface area contributed by atoms with Crippen molar-refractivity contribution in [2.24, 2.45) is 5.73 Å². The summed E-state index contributed by atoms with van der Waals surface area (Å²) in [5, 5.41) is 0. The lowest BCUT2D eigenvalue weighted by molar-refractivity contribution is 0.0723. The molecular weight excluding hydrogens is 218 g/mol. The van der Waals surface area contributed by atoms with Crippen LogP contribution in [0.3, 0.4) is 0 Å².